The van der Waals surface area contributed by atoms with Gasteiger partial charge in [-0.05, 0) is 60.0 Å². The number of aliphatic carboxylic acids is 1. The Bertz CT molecular complexity index is 1680. The molecule has 2 heterocycles. The minimum atomic E-state index is -1.10. The molecular formula is C32H33N7O6. The number of urea groups is 1. The van der Waals surface area contributed by atoms with E-state index in [1.165, 1.54) is 42.4 Å². The van der Waals surface area contributed by atoms with Gasteiger partial charge in [-0.1, -0.05) is 30.3 Å². The number of carboxylic acid groups (broad SMARTS) is 1. The molecule has 3 N–H and O–H groups in total. The molecule has 0 saturated carbocycles. The number of methoxy groups -OCH3 is 1. The Hall–Kier alpha value is -5.85. The molecule has 0 aliphatic rings. The maximum atomic E-state index is 13.2. The molecular weight excluding hydrogens is 578 g/mol. The summed E-state index contributed by atoms with van der Waals surface area (Å²) in [7, 11) is 4.53. The molecule has 2 aromatic heterocycles. The lowest BCUT2D eigenvalue weighted by molar-refractivity contribution is -0.138. The second-order valence-corrected chi connectivity index (χ2v) is 10.1. The molecule has 13 nitrogen and oxygen atoms in total. The van der Waals surface area contributed by atoms with Crippen molar-refractivity contribution in [1.82, 2.24) is 20.1 Å². The molecule has 4 aromatic rings. The van der Waals surface area contributed by atoms with E-state index in [0.717, 1.165) is 5.56 Å². The Kier molecular flexibility index (Phi) is 10.4. The van der Waals surface area contributed by atoms with Gasteiger partial charge in [0.05, 0.1) is 31.7 Å². The Labute approximate surface area is 259 Å². The number of carbonyl (C=O) groups excluding carboxylic acids is 3. The van der Waals surface area contributed by atoms with Crippen LogP contribution in [0.25, 0.3) is 0 Å². The minimum absolute atomic E-state index is 0.0168. The Balaban J connectivity index is 1.42. The largest absolute Gasteiger partial charge is 0.495 e. The zero-order chi connectivity index (χ0) is 32.5. The van der Waals surface area contributed by atoms with E-state index in [1.54, 1.807) is 49.5 Å². The first-order chi connectivity index (χ1) is 21.6. The van der Waals surface area contributed by atoms with Crippen LogP contribution in [0.4, 0.5) is 22.0 Å². The fraction of sp³-hybridized carbons (Fsp3) is 0.219. The number of carboxylic acids is 1. The molecule has 0 radical (unpaired) electrons. The molecule has 0 aliphatic carbocycles. The number of aromatic nitrogens is 3. The summed E-state index contributed by atoms with van der Waals surface area (Å²) in [6.45, 7) is 1.89. The van der Waals surface area contributed by atoms with Gasteiger partial charge in [-0.3, -0.25) is 19.3 Å². The van der Waals surface area contributed by atoms with Crippen LogP contribution in [0.3, 0.4) is 0 Å². The summed E-state index contributed by atoms with van der Waals surface area (Å²) in [5, 5.41) is 22.6. The van der Waals surface area contributed by atoms with E-state index in [1.807, 2.05) is 25.1 Å². The summed E-state index contributed by atoms with van der Waals surface area (Å²) in [5.41, 5.74) is 3.24. The van der Waals surface area contributed by atoms with E-state index in [-0.39, 0.29) is 24.4 Å². The third-order valence-electron chi connectivity index (χ3n) is 7.08. The summed E-state index contributed by atoms with van der Waals surface area (Å²) in [6, 6.07) is 17.5. The van der Waals surface area contributed by atoms with Crippen molar-refractivity contribution < 1.29 is 29.0 Å². The third kappa shape index (κ3) is 8.16. The third-order valence-corrected chi connectivity index (χ3v) is 7.08. The summed E-state index contributed by atoms with van der Waals surface area (Å²) < 4.78 is 5.46. The number of rotatable bonds is 11. The number of hydrogen-bond acceptors (Lipinski definition) is 8. The van der Waals surface area contributed by atoms with E-state index >= 15 is 0 Å². The molecule has 1 atom stereocenters. The average Bonchev–Trinajstić information content (AvgIpc) is 3.04. The van der Waals surface area contributed by atoms with Crippen LogP contribution < -0.4 is 20.3 Å². The van der Waals surface area contributed by atoms with Crippen LogP contribution in [0.1, 0.15) is 39.6 Å². The Morgan fingerprint density at radius 1 is 0.956 bits per heavy atom. The first-order valence-corrected chi connectivity index (χ1v) is 13.9. The molecule has 4 rings (SSSR count). The number of amides is 4. The number of ether oxygens (including phenoxy) is 1. The number of nitrogens with zero attached hydrogens (tertiary/aromatic N) is 5. The Morgan fingerprint density at radius 2 is 1.71 bits per heavy atom. The average molecular weight is 612 g/mol. The van der Waals surface area contributed by atoms with Gasteiger partial charge in [-0.25, -0.2) is 9.78 Å². The van der Waals surface area contributed by atoms with Gasteiger partial charge in [0.2, 0.25) is 5.91 Å². The number of aryl methyl sites for hydroxylation is 1. The lowest BCUT2D eigenvalue weighted by atomic mass is 10.0. The number of pyridine rings is 1. The second-order valence-electron chi connectivity index (χ2n) is 10.1. The minimum Gasteiger partial charge on any atom is -0.495 e. The number of anilines is 3. The monoisotopic (exact) mass is 611 g/mol. The van der Waals surface area contributed by atoms with E-state index in [0.29, 0.717) is 34.1 Å². The molecule has 45 heavy (non-hydrogen) atoms. The lowest BCUT2D eigenvalue weighted by Crippen LogP contribution is -2.33. The first-order valence-electron chi connectivity index (χ1n) is 13.9. The zero-order valence-corrected chi connectivity index (χ0v) is 25.2. The number of nitrogens with one attached hydrogen (secondary N) is 2. The van der Waals surface area contributed by atoms with Gasteiger partial charge in [0, 0.05) is 32.2 Å². The molecule has 0 saturated heterocycles. The topological polar surface area (TPSA) is 167 Å². The highest BCUT2D eigenvalue weighted by Crippen LogP contribution is 2.28. The molecule has 13 heteroatoms. The molecule has 1 unspecified atom stereocenters. The molecule has 0 aliphatic heterocycles. The number of likely N-dealkylation sites (N-methyl/N-ethyl adjacent to an activating group) is 1. The summed E-state index contributed by atoms with van der Waals surface area (Å²) in [4.78, 5) is 57.3. The number of benzene rings is 2. The van der Waals surface area contributed by atoms with Crippen LogP contribution in [-0.4, -0.2) is 70.2 Å². The molecule has 0 fully saturated rings. The number of hydrogen-bond donors (Lipinski definition) is 3. The van der Waals surface area contributed by atoms with Crippen molar-refractivity contribution in [3.05, 3.63) is 102 Å². The van der Waals surface area contributed by atoms with Crippen LogP contribution in [0.2, 0.25) is 0 Å². The highest BCUT2D eigenvalue weighted by Gasteiger charge is 2.27. The summed E-state index contributed by atoms with van der Waals surface area (Å²) >= 11 is 0. The van der Waals surface area contributed by atoms with Crippen LogP contribution in [-0.2, 0) is 16.0 Å². The number of para-hydroxylation sites is 1. The van der Waals surface area contributed by atoms with Crippen molar-refractivity contribution in [2.75, 3.05) is 36.7 Å². The zero-order valence-electron chi connectivity index (χ0n) is 25.2. The Morgan fingerprint density at radius 3 is 2.36 bits per heavy atom. The molecule has 232 valence electrons. The van der Waals surface area contributed by atoms with Gasteiger partial charge in [0.15, 0.2) is 5.69 Å². The van der Waals surface area contributed by atoms with Crippen molar-refractivity contribution in [3.63, 3.8) is 0 Å². The smallest absolute Gasteiger partial charge is 0.323 e. The SMILES string of the molecule is COc1cc(CC(=O)N(C)c2ccc(C(CC(=O)O)N(C)C(=O)c3cccnn3)cn2)ccc1NC(=O)Nc1ccccc1C. The first kappa shape index (κ1) is 32.1. The highest BCUT2D eigenvalue weighted by atomic mass is 16.5. The van der Waals surface area contributed by atoms with Crippen LogP contribution in [0, 0.1) is 6.92 Å². The van der Waals surface area contributed by atoms with Gasteiger partial charge in [0.25, 0.3) is 5.91 Å². The van der Waals surface area contributed by atoms with Crippen LogP contribution >= 0.6 is 0 Å². The fourth-order valence-corrected chi connectivity index (χ4v) is 4.53. The van der Waals surface area contributed by atoms with E-state index in [4.69, 9.17) is 4.74 Å². The molecule has 0 spiro atoms. The van der Waals surface area contributed by atoms with E-state index in [9.17, 15) is 24.3 Å². The maximum Gasteiger partial charge on any atom is 0.323 e. The van der Waals surface area contributed by atoms with E-state index in [2.05, 4.69) is 25.8 Å². The summed E-state index contributed by atoms with van der Waals surface area (Å²) in [6.07, 6.45) is 2.53. The standard InChI is InChI=1S/C32H33N7O6/c1-20-8-5-6-9-23(20)35-32(44)36-24-13-11-21(16-27(24)45-4)17-29(40)39(3)28-14-12-22(19-33-28)26(18-30(41)42)38(2)31(43)25-10-7-15-34-37-25/h5-16,19,26H,17-18H2,1-4H3,(H,41,42)(H2,35,36,44). The van der Waals surface area contributed by atoms with Crippen molar-refractivity contribution >= 4 is 41.0 Å². The van der Waals surface area contributed by atoms with Crippen molar-refractivity contribution in [1.29, 1.82) is 0 Å². The maximum absolute atomic E-state index is 13.2. The van der Waals surface area contributed by atoms with Crippen molar-refractivity contribution in [2.45, 2.75) is 25.8 Å². The molecule has 2 aromatic carbocycles. The predicted molar refractivity (Wildman–Crippen MR) is 167 cm³/mol. The van der Waals surface area contributed by atoms with Crippen molar-refractivity contribution in [3.8, 4) is 5.75 Å². The highest BCUT2D eigenvalue weighted by molar-refractivity contribution is 6.01. The van der Waals surface area contributed by atoms with Crippen LogP contribution in [0.5, 0.6) is 5.75 Å². The van der Waals surface area contributed by atoms with Gasteiger partial charge in [0.1, 0.15) is 11.6 Å². The molecule has 0 bridgehead atoms. The normalized spacial score (nSPS) is 11.2. The second kappa shape index (κ2) is 14.6. The van der Waals surface area contributed by atoms with E-state index < -0.39 is 23.9 Å². The van der Waals surface area contributed by atoms with Gasteiger partial charge in [-0.15, -0.1) is 5.10 Å². The predicted octanol–water partition coefficient (Wildman–Crippen LogP) is 4.33. The van der Waals surface area contributed by atoms with Crippen LogP contribution in [0.15, 0.2) is 79.1 Å². The summed E-state index contributed by atoms with van der Waals surface area (Å²) in [5.74, 6) is -1.14. The van der Waals surface area contributed by atoms with Crippen molar-refractivity contribution in [2.24, 2.45) is 0 Å². The van der Waals surface area contributed by atoms with Gasteiger partial charge < -0.3 is 25.4 Å². The lowest BCUT2D eigenvalue weighted by Gasteiger charge is -2.27. The quantitative estimate of drug-likeness (QED) is 0.224. The number of carbonyl (C=O) groups is 4. The van der Waals surface area contributed by atoms with Gasteiger partial charge >= 0.3 is 12.0 Å². The fourth-order valence-electron chi connectivity index (χ4n) is 4.53. The van der Waals surface area contributed by atoms with Gasteiger partial charge in [-0.2, -0.15) is 5.10 Å². The molecule has 4 amide bonds.